The highest BCUT2D eigenvalue weighted by molar-refractivity contribution is 6.22. The van der Waals surface area contributed by atoms with E-state index < -0.39 is 23.8 Å². The summed E-state index contributed by atoms with van der Waals surface area (Å²) in [4.78, 5) is 37.9. The Morgan fingerprint density at radius 3 is 2.04 bits per heavy atom. The molecule has 1 aliphatic rings. The van der Waals surface area contributed by atoms with Crippen LogP contribution in [-0.2, 0) is 9.53 Å². The predicted molar refractivity (Wildman–Crippen MR) is 95.9 cm³/mol. The molecule has 2 aromatic rings. The first kappa shape index (κ1) is 18.4. The van der Waals surface area contributed by atoms with Crippen molar-refractivity contribution >= 4 is 17.8 Å². The van der Waals surface area contributed by atoms with Crippen LogP contribution in [0, 0.1) is 0 Å². The quantitative estimate of drug-likeness (QED) is 0.423. The maximum Gasteiger partial charge on any atom is 0.329 e. The molecule has 0 unspecified atom stereocenters. The summed E-state index contributed by atoms with van der Waals surface area (Å²) in [6.07, 6.45) is 0. The Labute approximate surface area is 156 Å². The van der Waals surface area contributed by atoms with Crippen molar-refractivity contribution in [3.05, 3.63) is 59.7 Å². The molecular weight excluding hydrogens is 350 g/mol. The zero-order chi connectivity index (χ0) is 19.4. The number of esters is 1. The minimum atomic E-state index is -1.02. The van der Waals surface area contributed by atoms with Gasteiger partial charge in [-0.05, 0) is 43.3 Å². The van der Waals surface area contributed by atoms with Crippen LogP contribution in [0.3, 0.4) is 0 Å². The van der Waals surface area contributed by atoms with Gasteiger partial charge < -0.3 is 14.2 Å². The molecule has 0 saturated heterocycles. The minimum Gasteiger partial charge on any atom is -0.497 e. The van der Waals surface area contributed by atoms with Crippen molar-refractivity contribution in [2.75, 3.05) is 20.3 Å². The number of carbonyl (C=O) groups excluding carboxylic acids is 3. The van der Waals surface area contributed by atoms with Crippen molar-refractivity contribution < 1.29 is 28.6 Å². The van der Waals surface area contributed by atoms with Gasteiger partial charge in [0.2, 0.25) is 0 Å². The molecule has 0 bridgehead atoms. The number of fused-ring (bicyclic) bond motifs is 1. The maximum absolute atomic E-state index is 12.4. The molecule has 140 valence electrons. The monoisotopic (exact) mass is 369 g/mol. The second kappa shape index (κ2) is 7.90. The fraction of sp³-hybridized carbons (Fsp3) is 0.250. The highest BCUT2D eigenvalue weighted by Crippen LogP contribution is 2.24. The number of methoxy groups -OCH3 is 1. The van der Waals surface area contributed by atoms with E-state index in [0.717, 1.165) is 4.90 Å². The van der Waals surface area contributed by atoms with Gasteiger partial charge in [-0.3, -0.25) is 14.5 Å². The summed E-state index contributed by atoms with van der Waals surface area (Å²) in [7, 11) is 1.57. The standard InChI is InChI=1S/C20H19NO6/c1-13(21-18(22)16-5-3-4-6-17(16)19(21)23)20(24)27-12-11-26-15-9-7-14(25-2)8-10-15/h3-10,13H,11-12H2,1-2H3/t13-/m0/s1. The van der Waals surface area contributed by atoms with Gasteiger partial charge in [-0.15, -0.1) is 0 Å². The molecule has 0 aliphatic carbocycles. The van der Waals surface area contributed by atoms with Gasteiger partial charge in [0.25, 0.3) is 11.8 Å². The summed E-state index contributed by atoms with van der Waals surface area (Å²) < 4.78 is 15.7. The third-order valence-electron chi connectivity index (χ3n) is 4.21. The van der Waals surface area contributed by atoms with Crippen LogP contribution in [0.4, 0.5) is 0 Å². The van der Waals surface area contributed by atoms with Crippen LogP contribution in [-0.4, -0.2) is 49.0 Å². The molecule has 7 heteroatoms. The van der Waals surface area contributed by atoms with Crippen LogP contribution in [0.2, 0.25) is 0 Å². The predicted octanol–water partition coefficient (Wildman–Crippen LogP) is 2.30. The van der Waals surface area contributed by atoms with Gasteiger partial charge in [0, 0.05) is 0 Å². The number of hydrogen-bond acceptors (Lipinski definition) is 6. The van der Waals surface area contributed by atoms with Gasteiger partial charge in [0.1, 0.15) is 30.8 Å². The van der Waals surface area contributed by atoms with E-state index in [1.807, 2.05) is 0 Å². The maximum atomic E-state index is 12.4. The molecule has 0 spiro atoms. The highest BCUT2D eigenvalue weighted by Gasteiger charge is 2.41. The molecule has 27 heavy (non-hydrogen) atoms. The Balaban J connectivity index is 1.51. The summed E-state index contributed by atoms with van der Waals surface area (Å²) in [5.74, 6) is -0.323. The highest BCUT2D eigenvalue weighted by atomic mass is 16.6. The molecule has 0 radical (unpaired) electrons. The Morgan fingerprint density at radius 2 is 1.48 bits per heavy atom. The van der Waals surface area contributed by atoms with Crippen molar-refractivity contribution in [2.45, 2.75) is 13.0 Å². The molecule has 0 saturated carbocycles. The molecule has 2 amide bonds. The summed E-state index contributed by atoms with van der Waals surface area (Å²) >= 11 is 0. The SMILES string of the molecule is COc1ccc(OCCOC(=O)[C@H](C)N2C(=O)c3ccccc3C2=O)cc1. The average molecular weight is 369 g/mol. The first-order valence-corrected chi connectivity index (χ1v) is 8.43. The van der Waals surface area contributed by atoms with E-state index in [1.54, 1.807) is 55.6 Å². The van der Waals surface area contributed by atoms with Crippen LogP contribution in [0.5, 0.6) is 11.5 Å². The lowest BCUT2D eigenvalue weighted by atomic mass is 10.1. The van der Waals surface area contributed by atoms with Crippen molar-refractivity contribution in [1.82, 2.24) is 4.90 Å². The van der Waals surface area contributed by atoms with Crippen LogP contribution in [0.15, 0.2) is 48.5 Å². The Morgan fingerprint density at radius 1 is 0.926 bits per heavy atom. The Kier molecular flexibility index (Phi) is 5.40. The summed E-state index contributed by atoms with van der Waals surface area (Å²) in [6.45, 7) is 1.61. The number of imide groups is 1. The Bertz CT molecular complexity index is 826. The summed E-state index contributed by atoms with van der Waals surface area (Å²) in [5, 5.41) is 0. The minimum absolute atomic E-state index is 0.00162. The molecule has 3 rings (SSSR count). The van der Waals surface area contributed by atoms with E-state index in [9.17, 15) is 14.4 Å². The first-order chi connectivity index (χ1) is 13.0. The van der Waals surface area contributed by atoms with E-state index in [4.69, 9.17) is 14.2 Å². The second-order valence-electron chi connectivity index (χ2n) is 5.89. The number of rotatable bonds is 7. The topological polar surface area (TPSA) is 82.1 Å². The van der Waals surface area contributed by atoms with Gasteiger partial charge in [-0.1, -0.05) is 12.1 Å². The van der Waals surface area contributed by atoms with E-state index in [2.05, 4.69) is 0 Å². The molecule has 1 heterocycles. The average Bonchev–Trinajstić information content (AvgIpc) is 2.95. The largest absolute Gasteiger partial charge is 0.497 e. The normalized spacial score (nSPS) is 13.9. The van der Waals surface area contributed by atoms with E-state index in [-0.39, 0.29) is 13.2 Å². The zero-order valence-corrected chi connectivity index (χ0v) is 15.0. The van der Waals surface area contributed by atoms with Crippen LogP contribution in [0.25, 0.3) is 0 Å². The lowest BCUT2D eigenvalue weighted by Crippen LogP contribution is -2.44. The van der Waals surface area contributed by atoms with Crippen LogP contribution < -0.4 is 9.47 Å². The fourth-order valence-corrected chi connectivity index (χ4v) is 2.76. The van der Waals surface area contributed by atoms with E-state index in [0.29, 0.717) is 22.6 Å². The molecule has 0 N–H and O–H groups in total. The molecular formula is C20H19NO6. The fourth-order valence-electron chi connectivity index (χ4n) is 2.76. The van der Waals surface area contributed by atoms with Crippen molar-refractivity contribution in [3.63, 3.8) is 0 Å². The number of nitrogens with zero attached hydrogens (tertiary/aromatic N) is 1. The molecule has 2 aromatic carbocycles. The van der Waals surface area contributed by atoms with E-state index in [1.165, 1.54) is 6.92 Å². The lowest BCUT2D eigenvalue weighted by molar-refractivity contribution is -0.148. The van der Waals surface area contributed by atoms with Gasteiger partial charge in [0.05, 0.1) is 18.2 Å². The number of hydrogen-bond donors (Lipinski definition) is 0. The smallest absolute Gasteiger partial charge is 0.329 e. The van der Waals surface area contributed by atoms with Crippen molar-refractivity contribution in [1.29, 1.82) is 0 Å². The van der Waals surface area contributed by atoms with Crippen LogP contribution in [0.1, 0.15) is 27.6 Å². The Hall–Kier alpha value is -3.35. The van der Waals surface area contributed by atoms with Gasteiger partial charge in [-0.25, -0.2) is 4.79 Å². The first-order valence-electron chi connectivity index (χ1n) is 8.43. The van der Waals surface area contributed by atoms with Crippen LogP contribution >= 0.6 is 0 Å². The molecule has 7 nitrogen and oxygen atoms in total. The number of benzene rings is 2. The van der Waals surface area contributed by atoms with Crippen molar-refractivity contribution in [3.8, 4) is 11.5 Å². The van der Waals surface area contributed by atoms with E-state index >= 15 is 0 Å². The molecule has 0 fully saturated rings. The third kappa shape index (κ3) is 3.76. The van der Waals surface area contributed by atoms with Gasteiger partial charge in [-0.2, -0.15) is 0 Å². The third-order valence-corrected chi connectivity index (χ3v) is 4.21. The summed E-state index contributed by atoms with van der Waals surface area (Å²) in [5.41, 5.74) is 0.593. The summed E-state index contributed by atoms with van der Waals surface area (Å²) in [6, 6.07) is 12.5. The number of carbonyl (C=O) groups is 3. The lowest BCUT2D eigenvalue weighted by Gasteiger charge is -2.20. The van der Waals surface area contributed by atoms with Gasteiger partial charge >= 0.3 is 5.97 Å². The molecule has 1 atom stereocenters. The van der Waals surface area contributed by atoms with Gasteiger partial charge in [0.15, 0.2) is 0 Å². The number of ether oxygens (including phenoxy) is 3. The number of amides is 2. The molecule has 1 aliphatic heterocycles. The van der Waals surface area contributed by atoms with Crippen molar-refractivity contribution in [2.24, 2.45) is 0 Å². The second-order valence-corrected chi connectivity index (χ2v) is 5.89. The molecule has 0 aromatic heterocycles. The zero-order valence-electron chi connectivity index (χ0n) is 15.0.